The third kappa shape index (κ3) is 2.31. The number of ketones is 1. The Labute approximate surface area is 89.1 Å². The first-order chi connectivity index (χ1) is 7.47. The Hall–Kier alpha value is -2.03. The average molecular weight is 229 g/mol. The van der Waals surface area contributed by atoms with Crippen molar-refractivity contribution in [3.05, 3.63) is 29.1 Å². The lowest BCUT2D eigenvalue weighted by molar-refractivity contribution is -0.0524. The molecular formula is C10H6F3NO2. The van der Waals surface area contributed by atoms with Gasteiger partial charge in [-0.3, -0.25) is 4.79 Å². The third-order valence-electron chi connectivity index (χ3n) is 1.80. The van der Waals surface area contributed by atoms with E-state index in [0.717, 1.165) is 19.1 Å². The van der Waals surface area contributed by atoms with Crippen molar-refractivity contribution in [2.24, 2.45) is 0 Å². The van der Waals surface area contributed by atoms with Gasteiger partial charge in [-0.15, -0.1) is 0 Å². The van der Waals surface area contributed by atoms with Crippen LogP contribution in [-0.2, 0) is 0 Å². The zero-order valence-electron chi connectivity index (χ0n) is 8.13. The maximum atomic E-state index is 13.5. The molecule has 0 spiro atoms. The molecule has 1 aromatic rings. The van der Waals surface area contributed by atoms with Crippen LogP contribution in [0.25, 0.3) is 0 Å². The van der Waals surface area contributed by atoms with E-state index in [1.165, 1.54) is 6.07 Å². The SMILES string of the molecule is CC(=O)c1ccc(C#N)c(OC(F)F)c1F. The summed E-state index contributed by atoms with van der Waals surface area (Å²) in [5.41, 5.74) is -0.780. The number of nitriles is 1. The zero-order valence-corrected chi connectivity index (χ0v) is 8.13. The summed E-state index contributed by atoms with van der Waals surface area (Å²) in [5, 5.41) is 8.56. The molecule has 0 atom stereocenters. The summed E-state index contributed by atoms with van der Waals surface area (Å²) < 4.78 is 41.3. The summed E-state index contributed by atoms with van der Waals surface area (Å²) >= 11 is 0. The van der Waals surface area contributed by atoms with Gasteiger partial charge in [0, 0.05) is 0 Å². The smallest absolute Gasteiger partial charge is 0.387 e. The summed E-state index contributed by atoms with van der Waals surface area (Å²) in [5.74, 6) is -2.78. The topological polar surface area (TPSA) is 50.1 Å². The number of carbonyl (C=O) groups is 1. The van der Waals surface area contributed by atoms with Crippen LogP contribution in [0.4, 0.5) is 13.2 Å². The number of benzene rings is 1. The Morgan fingerprint density at radius 2 is 2.12 bits per heavy atom. The molecule has 16 heavy (non-hydrogen) atoms. The second-order valence-corrected chi connectivity index (χ2v) is 2.85. The molecule has 1 aromatic carbocycles. The fourth-order valence-electron chi connectivity index (χ4n) is 1.12. The van der Waals surface area contributed by atoms with Crippen molar-refractivity contribution in [3.8, 4) is 11.8 Å². The number of carbonyl (C=O) groups excluding carboxylic acids is 1. The van der Waals surface area contributed by atoms with E-state index in [-0.39, 0.29) is 5.56 Å². The van der Waals surface area contributed by atoms with Gasteiger partial charge in [-0.05, 0) is 19.1 Å². The predicted molar refractivity (Wildman–Crippen MR) is 47.8 cm³/mol. The van der Waals surface area contributed by atoms with Crippen molar-refractivity contribution in [3.63, 3.8) is 0 Å². The number of ether oxygens (including phenoxy) is 1. The lowest BCUT2D eigenvalue weighted by Crippen LogP contribution is -2.08. The van der Waals surface area contributed by atoms with Crippen molar-refractivity contribution in [1.82, 2.24) is 0 Å². The predicted octanol–water partition coefficient (Wildman–Crippen LogP) is 2.50. The number of hydrogen-bond acceptors (Lipinski definition) is 3. The van der Waals surface area contributed by atoms with Gasteiger partial charge < -0.3 is 4.74 Å². The lowest BCUT2D eigenvalue weighted by atomic mass is 10.1. The Bertz CT molecular complexity index is 466. The summed E-state index contributed by atoms with van der Waals surface area (Å²) in [6.45, 7) is -2.18. The van der Waals surface area contributed by atoms with Crippen LogP contribution in [0.2, 0.25) is 0 Å². The molecule has 0 amide bonds. The molecule has 0 heterocycles. The van der Waals surface area contributed by atoms with E-state index in [4.69, 9.17) is 5.26 Å². The highest BCUT2D eigenvalue weighted by molar-refractivity contribution is 5.95. The van der Waals surface area contributed by atoms with Gasteiger partial charge >= 0.3 is 6.61 Å². The first-order valence-corrected chi connectivity index (χ1v) is 4.15. The van der Waals surface area contributed by atoms with E-state index < -0.39 is 29.5 Å². The van der Waals surface area contributed by atoms with Crippen molar-refractivity contribution in [2.45, 2.75) is 13.5 Å². The van der Waals surface area contributed by atoms with Gasteiger partial charge in [0.05, 0.1) is 11.1 Å². The van der Waals surface area contributed by atoms with Crippen molar-refractivity contribution < 1.29 is 22.7 Å². The molecule has 0 aliphatic rings. The second-order valence-electron chi connectivity index (χ2n) is 2.85. The highest BCUT2D eigenvalue weighted by Gasteiger charge is 2.20. The number of hydrogen-bond donors (Lipinski definition) is 0. The molecule has 0 aliphatic heterocycles. The standard InChI is InChI=1S/C10H6F3NO2/c1-5(15)7-3-2-6(4-14)9(8(7)11)16-10(12)13/h2-3,10H,1H3. The van der Waals surface area contributed by atoms with E-state index in [2.05, 4.69) is 4.74 Å². The molecule has 0 bridgehead atoms. The van der Waals surface area contributed by atoms with Crippen LogP contribution in [0.5, 0.6) is 5.75 Å². The van der Waals surface area contributed by atoms with Crippen LogP contribution < -0.4 is 4.74 Å². The minimum atomic E-state index is -3.26. The van der Waals surface area contributed by atoms with Crippen molar-refractivity contribution in [2.75, 3.05) is 0 Å². The molecule has 0 saturated carbocycles. The molecule has 0 fully saturated rings. The van der Waals surface area contributed by atoms with E-state index in [1.54, 1.807) is 0 Å². The molecule has 0 radical (unpaired) electrons. The van der Waals surface area contributed by atoms with Gasteiger partial charge in [-0.2, -0.15) is 14.0 Å². The van der Waals surface area contributed by atoms with Crippen LogP contribution >= 0.6 is 0 Å². The fourth-order valence-corrected chi connectivity index (χ4v) is 1.12. The van der Waals surface area contributed by atoms with E-state index in [9.17, 15) is 18.0 Å². The third-order valence-corrected chi connectivity index (χ3v) is 1.80. The van der Waals surface area contributed by atoms with Crippen LogP contribution in [0.3, 0.4) is 0 Å². The zero-order chi connectivity index (χ0) is 12.3. The summed E-state index contributed by atoms with van der Waals surface area (Å²) in [7, 11) is 0. The van der Waals surface area contributed by atoms with Gasteiger partial charge in [-0.1, -0.05) is 0 Å². The average Bonchev–Trinajstić information content (AvgIpc) is 2.19. The van der Waals surface area contributed by atoms with Gasteiger partial charge in [-0.25, -0.2) is 4.39 Å². The van der Waals surface area contributed by atoms with E-state index in [0.29, 0.717) is 0 Å². The highest BCUT2D eigenvalue weighted by Crippen LogP contribution is 2.27. The van der Waals surface area contributed by atoms with Gasteiger partial charge in [0.25, 0.3) is 0 Å². The van der Waals surface area contributed by atoms with Crippen molar-refractivity contribution in [1.29, 1.82) is 5.26 Å². The lowest BCUT2D eigenvalue weighted by Gasteiger charge is -2.09. The van der Waals surface area contributed by atoms with Gasteiger partial charge in [0.1, 0.15) is 6.07 Å². The van der Waals surface area contributed by atoms with Crippen LogP contribution in [0, 0.1) is 17.1 Å². The number of nitrogens with zero attached hydrogens (tertiary/aromatic N) is 1. The second kappa shape index (κ2) is 4.66. The number of Topliss-reactive ketones (excluding diaryl/α,β-unsaturated/α-hetero) is 1. The molecule has 0 saturated heterocycles. The fraction of sp³-hybridized carbons (Fsp3) is 0.200. The Balaban J connectivity index is 3.36. The monoisotopic (exact) mass is 229 g/mol. The van der Waals surface area contributed by atoms with Gasteiger partial charge in [0.15, 0.2) is 17.3 Å². The molecule has 3 nitrogen and oxygen atoms in total. The molecular weight excluding hydrogens is 223 g/mol. The van der Waals surface area contributed by atoms with E-state index >= 15 is 0 Å². The van der Waals surface area contributed by atoms with Crippen molar-refractivity contribution >= 4 is 5.78 Å². The molecule has 0 N–H and O–H groups in total. The number of rotatable bonds is 3. The van der Waals surface area contributed by atoms with Gasteiger partial charge in [0.2, 0.25) is 0 Å². The Morgan fingerprint density at radius 3 is 2.56 bits per heavy atom. The first kappa shape index (κ1) is 12.0. The molecule has 6 heteroatoms. The molecule has 0 aliphatic carbocycles. The Morgan fingerprint density at radius 1 is 1.50 bits per heavy atom. The maximum Gasteiger partial charge on any atom is 0.387 e. The Kier molecular flexibility index (Phi) is 3.51. The van der Waals surface area contributed by atoms with Crippen LogP contribution in [0.1, 0.15) is 22.8 Å². The number of halogens is 3. The maximum absolute atomic E-state index is 13.5. The minimum absolute atomic E-state index is 0.386. The highest BCUT2D eigenvalue weighted by atomic mass is 19.3. The van der Waals surface area contributed by atoms with Crippen LogP contribution in [-0.4, -0.2) is 12.4 Å². The van der Waals surface area contributed by atoms with E-state index in [1.807, 2.05) is 0 Å². The van der Waals surface area contributed by atoms with Crippen LogP contribution in [0.15, 0.2) is 12.1 Å². The summed E-state index contributed by atoms with van der Waals surface area (Å²) in [6.07, 6.45) is 0. The summed E-state index contributed by atoms with van der Waals surface area (Å²) in [4.78, 5) is 10.9. The molecule has 0 aromatic heterocycles. The normalized spacial score (nSPS) is 10.0. The summed E-state index contributed by atoms with van der Waals surface area (Å²) in [6, 6.07) is 3.60. The molecule has 1 rings (SSSR count). The molecule has 0 unspecified atom stereocenters. The number of alkyl halides is 2. The minimum Gasteiger partial charge on any atom is -0.430 e. The molecule has 84 valence electrons. The quantitative estimate of drug-likeness (QED) is 0.748. The first-order valence-electron chi connectivity index (χ1n) is 4.15. The largest absolute Gasteiger partial charge is 0.430 e.